The molecule has 0 atom stereocenters. The zero-order valence-electron chi connectivity index (χ0n) is 33.8. The SMILES string of the molecule is CN(C)c1cccc2cccc(S(=O)(=O)ON3C(=O)c4ccc(C(c5ccc6c(c5)C(=O)N(OS(=O)(=O)c5cccc7cccc(N(C)C)c57)C6=O)(C(F)(F)F)C(F)(F)F)cc4C3=O)c12. The molecule has 4 amide bonds. The third-order valence-corrected chi connectivity index (χ3v) is 13.4. The Bertz CT molecular complexity index is 3070. The normalized spacial score (nSPS) is 14.7. The lowest BCUT2D eigenvalue weighted by atomic mass is 9.71. The summed E-state index contributed by atoms with van der Waals surface area (Å²) < 4.78 is 157. The molecule has 6 aromatic carbocycles. The fourth-order valence-electron chi connectivity index (χ4n) is 8.03. The molecule has 0 aliphatic carbocycles. The molecular formula is C43H30F6N4O10S2. The maximum atomic E-state index is 15.4. The Morgan fingerprint density at radius 1 is 0.462 bits per heavy atom. The van der Waals surface area contributed by atoms with E-state index in [1.54, 1.807) is 86.5 Å². The number of alkyl halides is 6. The van der Waals surface area contributed by atoms with Crippen molar-refractivity contribution in [2.45, 2.75) is 27.6 Å². The Morgan fingerprint density at radius 3 is 1.11 bits per heavy atom. The summed E-state index contributed by atoms with van der Waals surface area (Å²) in [7, 11) is -3.81. The van der Waals surface area contributed by atoms with Crippen molar-refractivity contribution >= 4 is 76.8 Å². The molecule has 2 aliphatic rings. The van der Waals surface area contributed by atoms with Gasteiger partial charge < -0.3 is 9.80 Å². The average molecular weight is 941 g/mol. The number of carbonyl (C=O) groups is 4. The molecule has 6 aromatic rings. The smallest absolute Gasteiger partial charge is 0.377 e. The molecule has 2 heterocycles. The van der Waals surface area contributed by atoms with Crippen LogP contribution in [0.5, 0.6) is 0 Å². The minimum absolute atomic E-state index is 0.100. The molecular weight excluding hydrogens is 911 g/mol. The third-order valence-electron chi connectivity index (χ3n) is 11.0. The van der Waals surface area contributed by atoms with Crippen LogP contribution in [-0.4, -0.2) is 91.1 Å². The van der Waals surface area contributed by atoms with E-state index in [9.17, 15) is 36.0 Å². The summed E-state index contributed by atoms with van der Waals surface area (Å²) in [6, 6.07) is 19.1. The highest BCUT2D eigenvalue weighted by atomic mass is 32.2. The van der Waals surface area contributed by atoms with Crippen LogP contribution >= 0.6 is 0 Å². The van der Waals surface area contributed by atoms with Gasteiger partial charge in [-0.05, 0) is 70.4 Å². The molecule has 14 nitrogen and oxygen atoms in total. The van der Waals surface area contributed by atoms with Crippen LogP contribution in [0.15, 0.2) is 119 Å². The molecule has 0 N–H and O–H groups in total. The monoisotopic (exact) mass is 940 g/mol. The number of hydroxylamine groups is 4. The van der Waals surface area contributed by atoms with Gasteiger partial charge in [-0.1, -0.05) is 60.7 Å². The Hall–Kier alpha value is -6.88. The molecule has 0 spiro atoms. The fourth-order valence-corrected chi connectivity index (χ4v) is 10.3. The minimum Gasteiger partial charge on any atom is -0.377 e. The van der Waals surface area contributed by atoms with E-state index < -0.39 is 105 Å². The van der Waals surface area contributed by atoms with Crippen molar-refractivity contribution in [2.24, 2.45) is 0 Å². The van der Waals surface area contributed by atoms with Crippen molar-refractivity contribution < 1.29 is 70.9 Å². The maximum Gasteiger partial charge on any atom is 0.411 e. The van der Waals surface area contributed by atoms with Crippen LogP contribution in [-0.2, 0) is 34.2 Å². The zero-order chi connectivity index (χ0) is 47.3. The summed E-state index contributed by atoms with van der Waals surface area (Å²) in [5.74, 6) is -6.52. The van der Waals surface area contributed by atoms with Crippen LogP contribution in [0.1, 0.15) is 52.6 Å². The summed E-state index contributed by atoms with van der Waals surface area (Å²) in [6.45, 7) is 0. The highest BCUT2D eigenvalue weighted by Crippen LogP contribution is 2.57. The van der Waals surface area contributed by atoms with Crippen LogP contribution in [0.2, 0.25) is 0 Å². The number of nitrogens with zero attached hydrogens (tertiary/aromatic N) is 4. The van der Waals surface area contributed by atoms with Crippen molar-refractivity contribution in [1.29, 1.82) is 0 Å². The molecule has 8 rings (SSSR count). The number of anilines is 2. The van der Waals surface area contributed by atoms with Gasteiger partial charge in [-0.25, -0.2) is 0 Å². The average Bonchev–Trinajstić information content (AvgIpc) is 3.60. The predicted molar refractivity (Wildman–Crippen MR) is 220 cm³/mol. The molecule has 0 aromatic heterocycles. The zero-order valence-corrected chi connectivity index (χ0v) is 35.5. The van der Waals surface area contributed by atoms with Crippen LogP contribution in [0.25, 0.3) is 21.5 Å². The quantitative estimate of drug-likeness (QED) is 0.0990. The van der Waals surface area contributed by atoms with Crippen LogP contribution < -0.4 is 9.80 Å². The Balaban J connectivity index is 1.17. The van der Waals surface area contributed by atoms with E-state index in [-0.39, 0.29) is 45.2 Å². The van der Waals surface area contributed by atoms with E-state index in [2.05, 4.69) is 0 Å². The van der Waals surface area contributed by atoms with Crippen molar-refractivity contribution in [2.75, 3.05) is 38.0 Å². The van der Waals surface area contributed by atoms with Crippen molar-refractivity contribution in [3.05, 3.63) is 143 Å². The molecule has 0 saturated carbocycles. The second kappa shape index (κ2) is 15.1. The van der Waals surface area contributed by atoms with Crippen LogP contribution in [0, 0.1) is 0 Å². The first-order valence-electron chi connectivity index (χ1n) is 18.8. The number of amides is 4. The van der Waals surface area contributed by atoms with E-state index in [1.165, 1.54) is 12.1 Å². The summed E-state index contributed by atoms with van der Waals surface area (Å²) in [5, 5.41) is 0.399. The van der Waals surface area contributed by atoms with E-state index >= 15 is 26.3 Å². The highest BCUT2D eigenvalue weighted by Gasteiger charge is 2.73. The van der Waals surface area contributed by atoms with Crippen molar-refractivity contribution in [3.63, 3.8) is 0 Å². The number of hydrogen-bond acceptors (Lipinski definition) is 12. The van der Waals surface area contributed by atoms with Gasteiger partial charge in [-0.15, -0.1) is 18.7 Å². The van der Waals surface area contributed by atoms with Gasteiger partial charge in [0.2, 0.25) is 5.41 Å². The topological polar surface area (TPSA) is 168 Å². The summed E-state index contributed by atoms with van der Waals surface area (Å²) in [4.78, 5) is 56.3. The fraction of sp³-hybridized carbons (Fsp3) is 0.163. The molecule has 0 unspecified atom stereocenters. The number of hydrogen-bond donors (Lipinski definition) is 0. The first-order chi connectivity index (χ1) is 30.3. The Labute approximate surface area is 364 Å². The molecule has 65 heavy (non-hydrogen) atoms. The Kier molecular flexibility index (Phi) is 10.4. The van der Waals surface area contributed by atoms with E-state index in [1.807, 2.05) is 0 Å². The molecule has 0 bridgehead atoms. The van der Waals surface area contributed by atoms with Crippen molar-refractivity contribution in [3.8, 4) is 0 Å². The number of carbonyl (C=O) groups excluding carboxylic acids is 4. The number of halogens is 6. The standard InChI is InChI=1S/C43H30F6N4O10S2/c1-50(2)31-13-5-9-23-11-7-15-33(35(23)31)64(58,59)62-52-37(54)27-19-17-25(21-29(27)39(52)56)41(42(44,45)46,43(47,48)49)26-18-20-28-30(22-26)40(57)53(38(28)55)63-65(60,61)34-16-8-12-24-10-6-14-32(36(24)34)51(3)4/h5-22H,1-4H3. The number of benzene rings is 6. The second-order valence-corrected chi connectivity index (χ2v) is 18.2. The highest BCUT2D eigenvalue weighted by molar-refractivity contribution is 7.87. The lowest BCUT2D eigenvalue weighted by Gasteiger charge is -2.38. The number of fused-ring (bicyclic) bond motifs is 4. The van der Waals surface area contributed by atoms with Gasteiger partial charge >= 0.3 is 32.6 Å². The van der Waals surface area contributed by atoms with Gasteiger partial charge in [-0.3, -0.25) is 19.2 Å². The molecule has 0 fully saturated rings. The molecule has 0 saturated heterocycles. The van der Waals surface area contributed by atoms with Gasteiger partial charge in [0.25, 0.3) is 23.6 Å². The number of imide groups is 2. The summed E-state index contributed by atoms with van der Waals surface area (Å²) in [6.07, 6.45) is -12.7. The number of rotatable bonds is 10. The summed E-state index contributed by atoms with van der Waals surface area (Å²) in [5.41, 5.74) is -11.6. The predicted octanol–water partition coefficient (Wildman–Crippen LogP) is 7.37. The lowest BCUT2D eigenvalue weighted by Crippen LogP contribution is -2.55. The largest absolute Gasteiger partial charge is 0.411 e. The lowest BCUT2D eigenvalue weighted by molar-refractivity contribution is -0.288. The maximum absolute atomic E-state index is 15.4. The van der Waals surface area contributed by atoms with Gasteiger partial charge in [0.1, 0.15) is 9.79 Å². The molecule has 0 radical (unpaired) electrons. The van der Waals surface area contributed by atoms with E-state index in [0.717, 1.165) is 12.1 Å². The summed E-state index contributed by atoms with van der Waals surface area (Å²) >= 11 is 0. The van der Waals surface area contributed by atoms with Gasteiger partial charge in [0.05, 0.1) is 22.3 Å². The first kappa shape index (κ1) is 44.7. The van der Waals surface area contributed by atoms with Crippen molar-refractivity contribution in [1.82, 2.24) is 10.1 Å². The molecule has 22 heteroatoms. The second-order valence-electron chi connectivity index (χ2n) is 15.2. The molecule has 336 valence electrons. The first-order valence-corrected chi connectivity index (χ1v) is 21.6. The van der Waals surface area contributed by atoms with Gasteiger partial charge in [0, 0.05) is 50.3 Å². The van der Waals surface area contributed by atoms with Gasteiger partial charge in [0.15, 0.2) is 0 Å². The van der Waals surface area contributed by atoms with E-state index in [4.69, 9.17) is 8.57 Å². The van der Waals surface area contributed by atoms with Crippen LogP contribution in [0.3, 0.4) is 0 Å². The van der Waals surface area contributed by atoms with Crippen LogP contribution in [0.4, 0.5) is 37.7 Å². The third kappa shape index (κ3) is 6.85. The minimum atomic E-state index is -6.36. The van der Waals surface area contributed by atoms with E-state index in [0.29, 0.717) is 34.3 Å². The van der Waals surface area contributed by atoms with Gasteiger partial charge in [-0.2, -0.15) is 43.2 Å². The molecule has 2 aliphatic heterocycles. The Morgan fingerprint density at radius 2 is 0.785 bits per heavy atom.